The first-order valence-corrected chi connectivity index (χ1v) is 11.0. The second-order valence-corrected chi connectivity index (χ2v) is 8.70. The summed E-state index contributed by atoms with van der Waals surface area (Å²) in [6, 6.07) is 16.9. The van der Waals surface area contributed by atoms with Gasteiger partial charge in [0.15, 0.2) is 6.61 Å². The fraction of sp³-hybridized carbons (Fsp3) is 0.136. The van der Waals surface area contributed by atoms with E-state index >= 15 is 0 Å². The Morgan fingerprint density at radius 3 is 2.47 bits per heavy atom. The molecule has 0 aromatic heterocycles. The highest BCUT2D eigenvalue weighted by Crippen LogP contribution is 2.24. The van der Waals surface area contributed by atoms with Crippen LogP contribution in [0.1, 0.15) is 11.1 Å². The smallest absolute Gasteiger partial charge is 0.273 e. The number of hydrogen-bond acceptors (Lipinski definition) is 6. The molecule has 0 saturated carbocycles. The third kappa shape index (κ3) is 5.82. The van der Waals surface area contributed by atoms with Crippen molar-refractivity contribution in [2.45, 2.75) is 18.7 Å². The van der Waals surface area contributed by atoms with Gasteiger partial charge in [0, 0.05) is 17.4 Å². The Balaban J connectivity index is 1.70. The average molecular weight is 455 g/mol. The van der Waals surface area contributed by atoms with Gasteiger partial charge in [-0.25, -0.2) is 8.42 Å². The van der Waals surface area contributed by atoms with Crippen molar-refractivity contribution in [1.29, 1.82) is 0 Å². The highest BCUT2D eigenvalue weighted by molar-refractivity contribution is 7.92. The van der Waals surface area contributed by atoms with Gasteiger partial charge in [-0.3, -0.25) is 19.6 Å². The van der Waals surface area contributed by atoms with Gasteiger partial charge < -0.3 is 10.1 Å². The predicted molar refractivity (Wildman–Crippen MR) is 120 cm³/mol. The molecular weight excluding hydrogens is 434 g/mol. The molecular formula is C22H21N3O6S. The Morgan fingerprint density at radius 2 is 1.75 bits per heavy atom. The number of aryl methyl sites for hydroxylation is 2. The number of nitrogens with one attached hydrogen (secondary N) is 2. The molecule has 0 atom stereocenters. The zero-order chi connectivity index (χ0) is 23.3. The minimum atomic E-state index is -3.88. The Hall–Kier alpha value is -3.92. The number of nitro benzene ring substituents is 1. The van der Waals surface area contributed by atoms with Gasteiger partial charge in [0.1, 0.15) is 5.75 Å². The van der Waals surface area contributed by atoms with Crippen molar-refractivity contribution >= 4 is 33.0 Å². The topological polar surface area (TPSA) is 128 Å². The van der Waals surface area contributed by atoms with E-state index in [1.807, 2.05) is 13.0 Å². The molecule has 3 rings (SSSR count). The van der Waals surface area contributed by atoms with E-state index < -0.39 is 27.5 Å². The molecule has 3 aromatic rings. The lowest BCUT2D eigenvalue weighted by Gasteiger charge is -2.13. The lowest BCUT2D eigenvalue weighted by atomic mass is 10.2. The molecule has 0 heterocycles. The van der Waals surface area contributed by atoms with Crippen LogP contribution < -0.4 is 14.8 Å². The van der Waals surface area contributed by atoms with E-state index in [1.54, 1.807) is 37.3 Å². The Morgan fingerprint density at radius 1 is 1.00 bits per heavy atom. The number of carbonyl (C=O) groups excluding carboxylic acids is 1. The summed E-state index contributed by atoms with van der Waals surface area (Å²) in [5.41, 5.74) is 1.97. The number of ether oxygens (including phenoxy) is 1. The van der Waals surface area contributed by atoms with Crippen molar-refractivity contribution in [3.8, 4) is 5.75 Å². The molecule has 0 fully saturated rings. The lowest BCUT2D eigenvalue weighted by molar-refractivity contribution is -0.384. The van der Waals surface area contributed by atoms with E-state index in [-0.39, 0.29) is 22.0 Å². The molecule has 0 spiro atoms. The van der Waals surface area contributed by atoms with Crippen molar-refractivity contribution in [3.05, 3.63) is 88.0 Å². The SMILES string of the molecule is Cc1cccc(NS(=O)(=O)c2cc(NC(=O)COc3cccc([N+](=O)[O-])c3)ccc2C)c1. The molecule has 3 aromatic carbocycles. The largest absolute Gasteiger partial charge is 0.484 e. The number of sulfonamides is 1. The third-order valence-electron chi connectivity index (χ3n) is 4.43. The van der Waals surface area contributed by atoms with Crippen LogP contribution in [0.3, 0.4) is 0 Å². The zero-order valence-electron chi connectivity index (χ0n) is 17.4. The van der Waals surface area contributed by atoms with Crippen molar-refractivity contribution in [3.63, 3.8) is 0 Å². The van der Waals surface area contributed by atoms with Crippen molar-refractivity contribution in [2.24, 2.45) is 0 Å². The van der Waals surface area contributed by atoms with Crippen LogP contribution in [0.4, 0.5) is 17.1 Å². The minimum absolute atomic E-state index is 0.0245. The van der Waals surface area contributed by atoms with E-state index in [0.29, 0.717) is 11.3 Å². The molecule has 166 valence electrons. The Kier molecular flexibility index (Phi) is 6.74. The van der Waals surface area contributed by atoms with Crippen LogP contribution in [-0.2, 0) is 14.8 Å². The normalized spacial score (nSPS) is 10.9. The molecule has 0 radical (unpaired) electrons. The number of nitro groups is 1. The van der Waals surface area contributed by atoms with Crippen molar-refractivity contribution in [1.82, 2.24) is 0 Å². The van der Waals surface area contributed by atoms with E-state index in [1.165, 1.54) is 30.3 Å². The summed E-state index contributed by atoms with van der Waals surface area (Å²) in [4.78, 5) is 22.5. The molecule has 0 aliphatic carbocycles. The Bertz CT molecular complexity index is 1270. The van der Waals surface area contributed by atoms with Crippen LogP contribution in [0.15, 0.2) is 71.6 Å². The van der Waals surface area contributed by atoms with Crippen LogP contribution in [0, 0.1) is 24.0 Å². The Labute approximate surface area is 185 Å². The molecule has 0 bridgehead atoms. The van der Waals surface area contributed by atoms with E-state index in [4.69, 9.17) is 4.74 Å². The van der Waals surface area contributed by atoms with E-state index in [0.717, 1.165) is 5.56 Å². The number of carbonyl (C=O) groups is 1. The van der Waals surface area contributed by atoms with E-state index in [2.05, 4.69) is 10.0 Å². The molecule has 0 aliphatic rings. The average Bonchev–Trinajstić information content (AvgIpc) is 2.73. The van der Waals surface area contributed by atoms with Crippen LogP contribution in [0.2, 0.25) is 0 Å². The number of nitrogens with zero attached hydrogens (tertiary/aromatic N) is 1. The fourth-order valence-corrected chi connectivity index (χ4v) is 4.24. The summed E-state index contributed by atoms with van der Waals surface area (Å²) in [6.07, 6.45) is 0. The van der Waals surface area contributed by atoms with Crippen LogP contribution >= 0.6 is 0 Å². The number of amides is 1. The third-order valence-corrected chi connectivity index (χ3v) is 5.95. The molecule has 32 heavy (non-hydrogen) atoms. The van der Waals surface area contributed by atoms with E-state index in [9.17, 15) is 23.3 Å². The standard InChI is InChI=1S/C22H21N3O6S/c1-15-5-3-6-18(11-15)24-32(29,30)21-12-17(10-9-16(21)2)23-22(26)14-31-20-8-4-7-19(13-20)25(27)28/h3-13,24H,14H2,1-2H3,(H,23,26). The number of rotatable bonds is 8. The van der Waals surface area contributed by atoms with Crippen LogP contribution in [-0.4, -0.2) is 25.9 Å². The minimum Gasteiger partial charge on any atom is -0.484 e. The molecule has 10 heteroatoms. The summed E-state index contributed by atoms with van der Waals surface area (Å²) < 4.78 is 33.6. The maximum absolute atomic E-state index is 12.9. The summed E-state index contributed by atoms with van der Waals surface area (Å²) in [6.45, 7) is 3.11. The van der Waals surface area contributed by atoms with Gasteiger partial charge in [0.25, 0.3) is 21.6 Å². The molecule has 9 nitrogen and oxygen atoms in total. The van der Waals surface area contributed by atoms with Gasteiger partial charge in [-0.1, -0.05) is 24.3 Å². The molecule has 0 saturated heterocycles. The first-order valence-electron chi connectivity index (χ1n) is 9.51. The van der Waals surface area contributed by atoms with Crippen LogP contribution in [0.5, 0.6) is 5.75 Å². The van der Waals surface area contributed by atoms with Crippen molar-refractivity contribution in [2.75, 3.05) is 16.6 Å². The number of anilines is 2. The summed E-state index contributed by atoms with van der Waals surface area (Å²) in [5.74, 6) is -0.376. The van der Waals surface area contributed by atoms with Gasteiger partial charge in [0.2, 0.25) is 0 Å². The monoisotopic (exact) mass is 455 g/mol. The second kappa shape index (κ2) is 9.48. The van der Waals surface area contributed by atoms with Gasteiger partial charge in [-0.2, -0.15) is 0 Å². The molecule has 1 amide bonds. The maximum atomic E-state index is 12.9. The van der Waals surface area contributed by atoms with Gasteiger partial charge >= 0.3 is 0 Å². The summed E-state index contributed by atoms with van der Waals surface area (Å²) in [7, 11) is -3.88. The number of non-ortho nitro benzene ring substituents is 1. The fourth-order valence-electron chi connectivity index (χ4n) is 2.92. The quantitative estimate of drug-likeness (QED) is 0.390. The lowest BCUT2D eigenvalue weighted by Crippen LogP contribution is -2.21. The molecule has 0 unspecified atom stereocenters. The highest BCUT2D eigenvalue weighted by atomic mass is 32.2. The van der Waals surface area contributed by atoms with Crippen molar-refractivity contribution < 1.29 is 22.9 Å². The zero-order valence-corrected chi connectivity index (χ0v) is 18.2. The molecule has 2 N–H and O–H groups in total. The maximum Gasteiger partial charge on any atom is 0.273 e. The van der Waals surface area contributed by atoms with Gasteiger partial charge in [-0.05, 0) is 55.3 Å². The first-order chi connectivity index (χ1) is 15.1. The number of hydrogen-bond donors (Lipinski definition) is 2. The van der Waals surface area contributed by atoms with Crippen LogP contribution in [0.25, 0.3) is 0 Å². The van der Waals surface area contributed by atoms with Gasteiger partial charge in [-0.15, -0.1) is 0 Å². The highest BCUT2D eigenvalue weighted by Gasteiger charge is 2.18. The summed E-state index contributed by atoms with van der Waals surface area (Å²) >= 11 is 0. The first kappa shape index (κ1) is 22.8. The molecule has 0 aliphatic heterocycles. The summed E-state index contributed by atoms with van der Waals surface area (Å²) in [5, 5.41) is 13.4. The van der Waals surface area contributed by atoms with Gasteiger partial charge in [0.05, 0.1) is 15.9 Å². The predicted octanol–water partition coefficient (Wildman–Crippen LogP) is 4.03. The second-order valence-electron chi connectivity index (χ2n) is 7.05. The number of benzene rings is 3.